The first-order valence-electron chi connectivity index (χ1n) is 7.10. The van der Waals surface area contributed by atoms with Crippen LogP contribution in [0, 0.1) is 0 Å². The van der Waals surface area contributed by atoms with Gasteiger partial charge in [-0.1, -0.05) is 15.9 Å². The van der Waals surface area contributed by atoms with Crippen LogP contribution in [0.3, 0.4) is 0 Å². The molecule has 2 aliphatic rings. The highest BCUT2D eigenvalue weighted by molar-refractivity contribution is 9.10. The van der Waals surface area contributed by atoms with Gasteiger partial charge in [-0.25, -0.2) is 0 Å². The number of halogens is 1. The summed E-state index contributed by atoms with van der Waals surface area (Å²) in [6.07, 6.45) is 0.336. The molecular weight excluding hydrogens is 336 g/mol. The molecule has 0 radical (unpaired) electrons. The van der Waals surface area contributed by atoms with Crippen molar-refractivity contribution in [1.29, 1.82) is 0 Å². The summed E-state index contributed by atoms with van der Waals surface area (Å²) in [4.78, 5) is 27.2. The van der Waals surface area contributed by atoms with Crippen LogP contribution in [-0.2, 0) is 9.53 Å². The Balaban J connectivity index is 1.83. The number of amides is 1. The van der Waals surface area contributed by atoms with E-state index in [2.05, 4.69) is 15.9 Å². The van der Waals surface area contributed by atoms with Crippen molar-refractivity contribution in [2.45, 2.75) is 26.1 Å². The average Bonchev–Trinajstić information content (AvgIpc) is 2.63. The van der Waals surface area contributed by atoms with Crippen LogP contribution in [0.5, 0.6) is 0 Å². The summed E-state index contributed by atoms with van der Waals surface area (Å²) >= 11 is 3.34. The second-order valence-corrected chi connectivity index (χ2v) is 6.71. The fourth-order valence-electron chi connectivity index (χ4n) is 3.17. The van der Waals surface area contributed by atoms with Gasteiger partial charge < -0.3 is 9.64 Å². The summed E-state index contributed by atoms with van der Waals surface area (Å²) in [6.45, 7) is 6.27. The SMILES string of the molecule is C[C@@H]1C[NH+](CN2C(=O)C(=O)c3cc(Br)ccc32)C[C@H](C)O1. The summed E-state index contributed by atoms with van der Waals surface area (Å²) < 4.78 is 6.53. The molecule has 0 spiro atoms. The molecule has 112 valence electrons. The molecule has 1 saturated heterocycles. The molecule has 1 fully saturated rings. The predicted octanol–water partition coefficient (Wildman–Crippen LogP) is 0.628. The summed E-state index contributed by atoms with van der Waals surface area (Å²) in [7, 11) is 0. The van der Waals surface area contributed by atoms with Gasteiger partial charge in [0.05, 0.1) is 11.3 Å². The standard InChI is InChI=1S/C15H17BrN2O3/c1-9-6-17(7-10(2)21-9)8-18-13-4-3-11(16)5-12(13)14(19)15(18)20/h3-5,9-10H,6-8H2,1-2H3/p+1/t9-,10+. The van der Waals surface area contributed by atoms with Crippen LogP contribution in [0.25, 0.3) is 0 Å². The molecule has 3 rings (SSSR count). The average molecular weight is 354 g/mol. The molecule has 3 atom stereocenters. The van der Waals surface area contributed by atoms with Crippen molar-refractivity contribution in [3.8, 4) is 0 Å². The normalized spacial score (nSPS) is 28.9. The molecule has 0 saturated carbocycles. The lowest BCUT2D eigenvalue weighted by Gasteiger charge is -2.34. The molecule has 1 unspecified atom stereocenters. The fraction of sp³-hybridized carbons (Fsp3) is 0.467. The van der Waals surface area contributed by atoms with Crippen LogP contribution in [0.2, 0.25) is 0 Å². The molecule has 0 aromatic heterocycles. The molecule has 2 heterocycles. The minimum absolute atomic E-state index is 0.168. The van der Waals surface area contributed by atoms with Gasteiger partial charge in [0.25, 0.3) is 5.78 Å². The topological polar surface area (TPSA) is 51.0 Å². The van der Waals surface area contributed by atoms with Crippen LogP contribution in [-0.4, -0.2) is 43.7 Å². The smallest absolute Gasteiger partial charge is 0.303 e. The van der Waals surface area contributed by atoms with Crippen molar-refractivity contribution >= 4 is 33.3 Å². The van der Waals surface area contributed by atoms with Crippen LogP contribution in [0.1, 0.15) is 24.2 Å². The van der Waals surface area contributed by atoms with Crippen molar-refractivity contribution in [1.82, 2.24) is 0 Å². The third-order valence-electron chi connectivity index (χ3n) is 3.93. The van der Waals surface area contributed by atoms with Gasteiger partial charge in [0.1, 0.15) is 25.3 Å². The maximum absolute atomic E-state index is 12.2. The third kappa shape index (κ3) is 2.75. The number of hydrogen-bond acceptors (Lipinski definition) is 3. The number of quaternary nitrogens is 1. The van der Waals surface area contributed by atoms with E-state index in [-0.39, 0.29) is 12.2 Å². The molecule has 0 aliphatic carbocycles. The van der Waals surface area contributed by atoms with Crippen LogP contribution >= 0.6 is 15.9 Å². The molecule has 1 amide bonds. The first-order chi connectivity index (χ1) is 9.95. The van der Waals surface area contributed by atoms with Crippen molar-refractivity contribution in [2.75, 3.05) is 24.7 Å². The Morgan fingerprint density at radius 3 is 2.62 bits per heavy atom. The van der Waals surface area contributed by atoms with Crippen LogP contribution < -0.4 is 9.80 Å². The van der Waals surface area contributed by atoms with Gasteiger partial charge in [-0.2, -0.15) is 0 Å². The van der Waals surface area contributed by atoms with E-state index in [4.69, 9.17) is 4.74 Å². The first-order valence-corrected chi connectivity index (χ1v) is 7.89. The number of morpholine rings is 1. The van der Waals surface area contributed by atoms with Crippen molar-refractivity contribution in [2.24, 2.45) is 0 Å². The molecule has 2 aliphatic heterocycles. The summed E-state index contributed by atoms with van der Waals surface area (Å²) in [6, 6.07) is 5.40. The second-order valence-electron chi connectivity index (χ2n) is 5.80. The Morgan fingerprint density at radius 2 is 1.95 bits per heavy atom. The Morgan fingerprint density at radius 1 is 1.29 bits per heavy atom. The predicted molar refractivity (Wildman–Crippen MR) is 81.5 cm³/mol. The second kappa shape index (κ2) is 5.51. The van der Waals surface area contributed by atoms with Gasteiger partial charge in [-0.3, -0.25) is 14.5 Å². The summed E-state index contributed by atoms with van der Waals surface area (Å²) in [5.41, 5.74) is 1.20. The number of anilines is 1. The Labute approximate surface area is 132 Å². The summed E-state index contributed by atoms with van der Waals surface area (Å²) in [5, 5.41) is 0. The number of carbonyl (C=O) groups is 2. The van der Waals surface area contributed by atoms with E-state index in [0.29, 0.717) is 17.9 Å². The first kappa shape index (κ1) is 14.7. The molecule has 5 nitrogen and oxygen atoms in total. The van der Waals surface area contributed by atoms with Gasteiger partial charge >= 0.3 is 5.91 Å². The van der Waals surface area contributed by atoms with Gasteiger partial charge in [-0.15, -0.1) is 0 Å². The Hall–Kier alpha value is -1.24. The molecule has 1 aromatic carbocycles. The maximum atomic E-state index is 12.2. The lowest BCUT2D eigenvalue weighted by molar-refractivity contribution is -0.913. The zero-order chi connectivity index (χ0) is 15.1. The number of benzene rings is 1. The Kier molecular flexibility index (Phi) is 3.86. The minimum atomic E-state index is -0.428. The number of nitrogens with one attached hydrogen (secondary N) is 1. The van der Waals surface area contributed by atoms with Crippen molar-refractivity contribution < 1.29 is 19.2 Å². The third-order valence-corrected chi connectivity index (χ3v) is 4.43. The van der Waals surface area contributed by atoms with Crippen LogP contribution in [0.15, 0.2) is 22.7 Å². The highest BCUT2D eigenvalue weighted by atomic mass is 79.9. The zero-order valence-corrected chi connectivity index (χ0v) is 13.6. The van der Waals surface area contributed by atoms with Gasteiger partial charge in [0, 0.05) is 4.47 Å². The fourth-order valence-corrected chi connectivity index (χ4v) is 3.53. The molecule has 1 N–H and O–H groups in total. The van der Waals surface area contributed by atoms with Crippen molar-refractivity contribution in [3.05, 3.63) is 28.2 Å². The largest absolute Gasteiger partial charge is 0.364 e. The van der Waals surface area contributed by atoms with Gasteiger partial charge in [-0.05, 0) is 32.0 Å². The lowest BCUT2D eigenvalue weighted by Crippen LogP contribution is -3.17. The Bertz CT molecular complexity index is 595. The molecular formula is C15H18BrN2O3+. The highest BCUT2D eigenvalue weighted by Crippen LogP contribution is 2.30. The number of hydrogen-bond donors (Lipinski definition) is 1. The minimum Gasteiger partial charge on any atom is -0.364 e. The molecule has 6 heteroatoms. The van der Waals surface area contributed by atoms with Crippen LogP contribution in [0.4, 0.5) is 5.69 Å². The number of ketones is 1. The molecule has 1 aromatic rings. The van der Waals surface area contributed by atoms with Crippen molar-refractivity contribution in [3.63, 3.8) is 0 Å². The maximum Gasteiger partial charge on any atom is 0.303 e. The monoisotopic (exact) mass is 353 g/mol. The number of ether oxygens (including phenoxy) is 1. The number of carbonyl (C=O) groups excluding carboxylic acids is 2. The van der Waals surface area contributed by atoms with E-state index in [1.165, 1.54) is 4.90 Å². The van der Waals surface area contributed by atoms with E-state index >= 15 is 0 Å². The zero-order valence-electron chi connectivity index (χ0n) is 12.1. The molecule has 21 heavy (non-hydrogen) atoms. The van der Waals surface area contributed by atoms with Gasteiger partial charge in [0.2, 0.25) is 0 Å². The van der Waals surface area contributed by atoms with E-state index < -0.39 is 11.7 Å². The van der Waals surface area contributed by atoms with E-state index in [1.54, 1.807) is 11.0 Å². The lowest BCUT2D eigenvalue weighted by atomic mass is 10.1. The van der Waals surface area contributed by atoms with E-state index in [0.717, 1.165) is 17.6 Å². The number of Topliss-reactive ketones (excluding diaryl/α,β-unsaturated/α-hetero) is 1. The molecule has 0 bridgehead atoms. The number of nitrogens with zero attached hydrogens (tertiary/aromatic N) is 1. The summed E-state index contributed by atoms with van der Waals surface area (Å²) in [5.74, 6) is -0.845. The van der Waals surface area contributed by atoms with E-state index in [9.17, 15) is 9.59 Å². The highest BCUT2D eigenvalue weighted by Gasteiger charge is 2.39. The number of rotatable bonds is 2. The number of fused-ring (bicyclic) bond motifs is 1. The van der Waals surface area contributed by atoms with E-state index in [1.807, 2.05) is 26.0 Å². The van der Waals surface area contributed by atoms with Gasteiger partial charge in [0.15, 0.2) is 6.67 Å². The quantitative estimate of drug-likeness (QED) is 0.793.